The van der Waals surface area contributed by atoms with E-state index in [-0.39, 0.29) is 18.0 Å². The van der Waals surface area contributed by atoms with Gasteiger partial charge in [-0.15, -0.1) is 0 Å². The Balaban J connectivity index is 2.75. The average molecular weight is 256 g/mol. The summed E-state index contributed by atoms with van der Waals surface area (Å²) >= 11 is 0. The van der Waals surface area contributed by atoms with Gasteiger partial charge >= 0.3 is 5.97 Å². The third-order valence-corrected chi connectivity index (χ3v) is 3.54. The molecule has 104 valence electrons. The van der Waals surface area contributed by atoms with Gasteiger partial charge in [0.25, 0.3) is 0 Å². The molecule has 1 saturated heterocycles. The van der Waals surface area contributed by atoms with Crippen LogP contribution in [0, 0.1) is 0 Å². The molecule has 1 rings (SSSR count). The number of carboxylic acids is 1. The molecule has 0 spiro atoms. The summed E-state index contributed by atoms with van der Waals surface area (Å²) in [6.45, 7) is 8.51. The van der Waals surface area contributed by atoms with E-state index in [4.69, 9.17) is 0 Å². The number of aliphatic carboxylic acids is 1. The van der Waals surface area contributed by atoms with E-state index in [2.05, 4.69) is 5.32 Å². The molecule has 1 aliphatic rings. The number of carbonyl (C=O) groups excluding carboxylic acids is 1. The van der Waals surface area contributed by atoms with Crippen LogP contribution in [0.25, 0.3) is 0 Å². The molecule has 0 aromatic rings. The van der Waals surface area contributed by atoms with E-state index in [9.17, 15) is 14.7 Å². The van der Waals surface area contributed by atoms with Crippen molar-refractivity contribution in [1.29, 1.82) is 0 Å². The minimum atomic E-state index is -0.989. The van der Waals surface area contributed by atoms with Crippen LogP contribution in [0.1, 0.15) is 47.0 Å². The molecule has 0 aromatic carbocycles. The quantitative estimate of drug-likeness (QED) is 0.793. The predicted octanol–water partition coefficient (Wildman–Crippen LogP) is 1.23. The summed E-state index contributed by atoms with van der Waals surface area (Å²) in [6.07, 6.45) is 1.78. The number of rotatable bonds is 4. The van der Waals surface area contributed by atoms with Crippen LogP contribution in [0.3, 0.4) is 0 Å². The minimum Gasteiger partial charge on any atom is -0.479 e. The third kappa shape index (κ3) is 3.02. The van der Waals surface area contributed by atoms with Crippen LogP contribution < -0.4 is 5.32 Å². The number of hydrogen-bond acceptors (Lipinski definition) is 3. The highest BCUT2D eigenvalue weighted by molar-refractivity contribution is 5.88. The highest BCUT2D eigenvalue weighted by atomic mass is 16.4. The maximum absolute atomic E-state index is 12.2. The first-order valence-corrected chi connectivity index (χ1v) is 6.52. The molecule has 18 heavy (non-hydrogen) atoms. The van der Waals surface area contributed by atoms with Crippen molar-refractivity contribution in [2.24, 2.45) is 0 Å². The largest absolute Gasteiger partial charge is 0.479 e. The van der Waals surface area contributed by atoms with Crippen molar-refractivity contribution in [3.8, 4) is 0 Å². The average Bonchev–Trinajstić information content (AvgIpc) is 2.69. The Morgan fingerprint density at radius 3 is 2.44 bits per heavy atom. The first-order chi connectivity index (χ1) is 8.23. The zero-order chi connectivity index (χ0) is 14.0. The van der Waals surface area contributed by atoms with Gasteiger partial charge in [0, 0.05) is 12.1 Å². The minimum absolute atomic E-state index is 0.119. The van der Waals surface area contributed by atoms with Gasteiger partial charge in [0.15, 0.2) is 0 Å². The van der Waals surface area contributed by atoms with E-state index in [1.807, 2.05) is 27.7 Å². The summed E-state index contributed by atoms with van der Waals surface area (Å²) in [5, 5.41) is 12.5. The SMILES string of the molecule is CCC1(C(=O)O)CCCN1C(=O)CNC(C)(C)C. The maximum atomic E-state index is 12.2. The van der Waals surface area contributed by atoms with Crippen LogP contribution >= 0.6 is 0 Å². The molecule has 0 aliphatic carbocycles. The van der Waals surface area contributed by atoms with Gasteiger partial charge in [0.1, 0.15) is 5.54 Å². The van der Waals surface area contributed by atoms with Crippen molar-refractivity contribution in [3.63, 3.8) is 0 Å². The number of likely N-dealkylation sites (tertiary alicyclic amines) is 1. The summed E-state index contributed by atoms with van der Waals surface area (Å²) in [4.78, 5) is 25.2. The summed E-state index contributed by atoms with van der Waals surface area (Å²) < 4.78 is 0. The number of carboxylic acid groups (broad SMARTS) is 1. The van der Waals surface area contributed by atoms with Gasteiger partial charge in [0.05, 0.1) is 6.54 Å². The van der Waals surface area contributed by atoms with Gasteiger partial charge in [-0.3, -0.25) is 4.79 Å². The first kappa shape index (κ1) is 15.0. The van der Waals surface area contributed by atoms with Crippen molar-refractivity contribution >= 4 is 11.9 Å². The highest BCUT2D eigenvalue weighted by Gasteiger charge is 2.48. The normalized spacial score (nSPS) is 24.3. The van der Waals surface area contributed by atoms with Gasteiger partial charge in [-0.25, -0.2) is 4.79 Å². The fraction of sp³-hybridized carbons (Fsp3) is 0.846. The Morgan fingerprint density at radius 2 is 2.00 bits per heavy atom. The van der Waals surface area contributed by atoms with E-state index in [0.29, 0.717) is 19.4 Å². The van der Waals surface area contributed by atoms with Gasteiger partial charge in [-0.2, -0.15) is 0 Å². The summed E-state index contributed by atoms with van der Waals surface area (Å²) in [7, 11) is 0. The van der Waals surface area contributed by atoms with Crippen LogP contribution in [0.2, 0.25) is 0 Å². The lowest BCUT2D eigenvalue weighted by Crippen LogP contribution is -2.55. The van der Waals surface area contributed by atoms with Gasteiger partial charge in [-0.05, 0) is 40.0 Å². The molecule has 1 aliphatic heterocycles. The lowest BCUT2D eigenvalue weighted by Gasteiger charge is -2.34. The summed E-state index contributed by atoms with van der Waals surface area (Å²) in [5.74, 6) is -1.00. The lowest BCUT2D eigenvalue weighted by atomic mass is 9.93. The van der Waals surface area contributed by atoms with Crippen molar-refractivity contribution < 1.29 is 14.7 Å². The van der Waals surface area contributed by atoms with Crippen molar-refractivity contribution in [1.82, 2.24) is 10.2 Å². The Morgan fingerprint density at radius 1 is 1.39 bits per heavy atom. The second-order valence-corrected chi connectivity index (χ2v) is 5.94. The van der Waals surface area contributed by atoms with Crippen LogP contribution in [-0.4, -0.2) is 46.1 Å². The molecule has 1 amide bonds. The molecular weight excluding hydrogens is 232 g/mol. The first-order valence-electron chi connectivity index (χ1n) is 6.52. The molecule has 2 N–H and O–H groups in total. The number of hydrogen-bond donors (Lipinski definition) is 2. The molecule has 0 saturated carbocycles. The molecule has 5 nitrogen and oxygen atoms in total. The monoisotopic (exact) mass is 256 g/mol. The Labute approximate surface area is 109 Å². The van der Waals surface area contributed by atoms with E-state index in [1.54, 1.807) is 0 Å². The molecule has 1 fully saturated rings. The molecule has 0 bridgehead atoms. The number of carbonyl (C=O) groups is 2. The predicted molar refractivity (Wildman–Crippen MR) is 69.4 cm³/mol. The lowest BCUT2D eigenvalue weighted by molar-refractivity contribution is -0.156. The third-order valence-electron chi connectivity index (χ3n) is 3.54. The Bertz CT molecular complexity index is 336. The number of nitrogens with zero attached hydrogens (tertiary/aromatic N) is 1. The van der Waals surface area contributed by atoms with Crippen molar-refractivity contribution in [2.45, 2.75) is 58.0 Å². The van der Waals surface area contributed by atoms with Gasteiger partial charge < -0.3 is 15.3 Å². The molecule has 1 unspecified atom stereocenters. The van der Waals surface area contributed by atoms with Crippen molar-refractivity contribution in [3.05, 3.63) is 0 Å². The highest BCUT2D eigenvalue weighted by Crippen LogP contribution is 2.32. The topological polar surface area (TPSA) is 69.6 Å². The Kier molecular flexibility index (Phi) is 4.37. The fourth-order valence-electron chi connectivity index (χ4n) is 2.42. The van der Waals surface area contributed by atoms with E-state index in [0.717, 1.165) is 6.42 Å². The van der Waals surface area contributed by atoms with Gasteiger partial charge in [-0.1, -0.05) is 6.92 Å². The van der Waals surface area contributed by atoms with Gasteiger partial charge in [0.2, 0.25) is 5.91 Å². The zero-order valence-corrected chi connectivity index (χ0v) is 11.7. The van der Waals surface area contributed by atoms with E-state index < -0.39 is 11.5 Å². The van der Waals surface area contributed by atoms with E-state index in [1.165, 1.54) is 4.90 Å². The molecule has 0 aromatic heterocycles. The van der Waals surface area contributed by atoms with Crippen LogP contribution in [0.4, 0.5) is 0 Å². The zero-order valence-electron chi connectivity index (χ0n) is 11.7. The second kappa shape index (κ2) is 5.26. The fourth-order valence-corrected chi connectivity index (χ4v) is 2.42. The van der Waals surface area contributed by atoms with Crippen LogP contribution in [-0.2, 0) is 9.59 Å². The standard InChI is InChI=1S/C13H24N2O3/c1-5-13(11(17)18)7-6-8-15(13)10(16)9-14-12(2,3)4/h14H,5-9H2,1-4H3,(H,17,18). The Hall–Kier alpha value is -1.10. The maximum Gasteiger partial charge on any atom is 0.329 e. The molecule has 1 heterocycles. The smallest absolute Gasteiger partial charge is 0.329 e. The molecule has 1 atom stereocenters. The second-order valence-electron chi connectivity index (χ2n) is 5.94. The number of nitrogens with one attached hydrogen (secondary N) is 1. The number of amides is 1. The van der Waals surface area contributed by atoms with Crippen LogP contribution in [0.15, 0.2) is 0 Å². The van der Waals surface area contributed by atoms with Crippen LogP contribution in [0.5, 0.6) is 0 Å². The molecule has 0 radical (unpaired) electrons. The molecule has 5 heteroatoms. The van der Waals surface area contributed by atoms with Crippen molar-refractivity contribution in [2.75, 3.05) is 13.1 Å². The summed E-state index contributed by atoms with van der Waals surface area (Å²) in [6, 6.07) is 0. The van der Waals surface area contributed by atoms with E-state index >= 15 is 0 Å². The summed E-state index contributed by atoms with van der Waals surface area (Å²) in [5.41, 5.74) is -1.13. The molecular formula is C13H24N2O3.